The molecule has 2 aromatic rings. The fourth-order valence-electron chi connectivity index (χ4n) is 2.99. The van der Waals surface area contributed by atoms with Crippen LogP contribution in [0.4, 0.5) is 5.69 Å². The lowest BCUT2D eigenvalue weighted by Gasteiger charge is -2.15. The van der Waals surface area contributed by atoms with Crippen molar-refractivity contribution in [3.63, 3.8) is 0 Å². The molecule has 1 heterocycles. The second-order valence-electron chi connectivity index (χ2n) is 6.27. The maximum Gasteiger partial charge on any atom is 0.311 e. The molecule has 1 aliphatic heterocycles. The van der Waals surface area contributed by atoms with Gasteiger partial charge in [0, 0.05) is 12.5 Å². The number of ether oxygens (including phenoxy) is 1. The van der Waals surface area contributed by atoms with E-state index >= 15 is 0 Å². The Morgan fingerprint density at radius 2 is 1.62 bits per heavy atom. The number of carbonyl (C=O) groups is 3. The maximum absolute atomic E-state index is 12.5. The standard InChI is InChI=1S/C21H21NO4/c1-2-3-4-5-13-19(23)26-16-10-8-9-15(14-16)22-20(24)17-11-6-7-12-18(17)21(22)25/h6-12,14H,2-5,13H2,1H3. The van der Waals surface area contributed by atoms with Crippen LogP contribution in [0.15, 0.2) is 48.5 Å². The minimum Gasteiger partial charge on any atom is -0.426 e. The molecule has 26 heavy (non-hydrogen) atoms. The van der Waals surface area contributed by atoms with Crippen molar-refractivity contribution in [1.82, 2.24) is 0 Å². The number of rotatable bonds is 7. The molecule has 1 aliphatic rings. The monoisotopic (exact) mass is 351 g/mol. The van der Waals surface area contributed by atoms with E-state index in [1.165, 1.54) is 0 Å². The highest BCUT2D eigenvalue weighted by molar-refractivity contribution is 6.34. The number of hydrogen-bond donors (Lipinski definition) is 0. The molecule has 2 aromatic carbocycles. The van der Waals surface area contributed by atoms with Crippen molar-refractivity contribution in [3.05, 3.63) is 59.7 Å². The highest BCUT2D eigenvalue weighted by Crippen LogP contribution is 2.30. The van der Waals surface area contributed by atoms with E-state index in [0.717, 1.165) is 30.6 Å². The molecule has 0 bridgehead atoms. The predicted octanol–water partition coefficient (Wildman–Crippen LogP) is 4.36. The van der Waals surface area contributed by atoms with E-state index in [0.29, 0.717) is 29.0 Å². The number of unbranched alkanes of at least 4 members (excludes halogenated alkanes) is 3. The van der Waals surface area contributed by atoms with Crippen molar-refractivity contribution in [2.45, 2.75) is 39.0 Å². The van der Waals surface area contributed by atoms with E-state index in [1.807, 2.05) is 0 Å². The maximum atomic E-state index is 12.5. The smallest absolute Gasteiger partial charge is 0.311 e. The van der Waals surface area contributed by atoms with Crippen molar-refractivity contribution in [3.8, 4) is 5.75 Å². The summed E-state index contributed by atoms with van der Waals surface area (Å²) in [5.74, 6) is -0.706. The minimum absolute atomic E-state index is 0.305. The van der Waals surface area contributed by atoms with Crippen LogP contribution in [-0.2, 0) is 4.79 Å². The molecule has 2 amide bonds. The average Bonchev–Trinajstić information content (AvgIpc) is 2.90. The summed E-state index contributed by atoms with van der Waals surface area (Å²) in [6.45, 7) is 2.11. The third kappa shape index (κ3) is 3.67. The lowest BCUT2D eigenvalue weighted by Crippen LogP contribution is -2.29. The molecule has 5 nitrogen and oxygen atoms in total. The summed E-state index contributed by atoms with van der Waals surface area (Å²) in [5.41, 5.74) is 1.17. The molecule has 0 aliphatic carbocycles. The molecule has 0 atom stereocenters. The first-order chi connectivity index (χ1) is 12.6. The number of hydrogen-bond acceptors (Lipinski definition) is 4. The van der Waals surface area contributed by atoms with Gasteiger partial charge in [0.05, 0.1) is 16.8 Å². The summed E-state index contributed by atoms with van der Waals surface area (Å²) in [4.78, 5) is 38.1. The molecular weight excluding hydrogens is 330 g/mol. The van der Waals surface area contributed by atoms with Gasteiger partial charge in [-0.2, -0.15) is 0 Å². The Bertz CT molecular complexity index is 808. The summed E-state index contributed by atoms with van der Waals surface area (Å²) < 4.78 is 5.35. The second-order valence-corrected chi connectivity index (χ2v) is 6.27. The molecule has 3 rings (SSSR count). The molecule has 0 saturated heterocycles. The molecule has 0 spiro atoms. The van der Waals surface area contributed by atoms with Crippen LogP contribution in [0.5, 0.6) is 5.75 Å². The van der Waals surface area contributed by atoms with E-state index < -0.39 is 0 Å². The van der Waals surface area contributed by atoms with E-state index in [4.69, 9.17) is 4.74 Å². The average molecular weight is 351 g/mol. The Labute approximate surface area is 152 Å². The summed E-state index contributed by atoms with van der Waals surface area (Å²) in [6, 6.07) is 13.2. The number of carbonyl (C=O) groups excluding carboxylic acids is 3. The normalized spacial score (nSPS) is 13.0. The number of amides is 2. The van der Waals surface area contributed by atoms with Crippen molar-refractivity contribution in [1.29, 1.82) is 0 Å². The number of imide groups is 1. The minimum atomic E-state index is -0.367. The Morgan fingerprint density at radius 1 is 0.923 bits per heavy atom. The van der Waals surface area contributed by atoms with Crippen LogP contribution in [0.1, 0.15) is 59.7 Å². The Balaban J connectivity index is 1.71. The van der Waals surface area contributed by atoms with Crippen molar-refractivity contribution in [2.24, 2.45) is 0 Å². The van der Waals surface area contributed by atoms with Gasteiger partial charge in [-0.25, -0.2) is 4.90 Å². The van der Waals surface area contributed by atoms with Gasteiger partial charge in [-0.15, -0.1) is 0 Å². The van der Waals surface area contributed by atoms with Crippen LogP contribution in [0.2, 0.25) is 0 Å². The number of esters is 1. The predicted molar refractivity (Wildman–Crippen MR) is 98.4 cm³/mol. The van der Waals surface area contributed by atoms with Gasteiger partial charge in [0.25, 0.3) is 11.8 Å². The lowest BCUT2D eigenvalue weighted by molar-refractivity contribution is -0.134. The molecule has 134 valence electrons. The Kier molecular flexibility index (Phi) is 5.46. The van der Waals surface area contributed by atoms with Gasteiger partial charge < -0.3 is 4.74 Å². The summed E-state index contributed by atoms with van der Waals surface area (Å²) >= 11 is 0. The third-order valence-corrected chi connectivity index (χ3v) is 4.34. The van der Waals surface area contributed by atoms with Gasteiger partial charge in [-0.1, -0.05) is 44.4 Å². The summed E-state index contributed by atoms with van der Waals surface area (Å²) in [5, 5.41) is 0. The van der Waals surface area contributed by atoms with Gasteiger partial charge in [0.2, 0.25) is 0 Å². The zero-order valence-electron chi connectivity index (χ0n) is 14.7. The molecule has 0 radical (unpaired) electrons. The SMILES string of the molecule is CCCCCCC(=O)Oc1cccc(N2C(=O)c3ccccc3C2=O)c1. The van der Waals surface area contributed by atoms with E-state index in [-0.39, 0.29) is 17.8 Å². The quantitative estimate of drug-likeness (QED) is 0.322. The van der Waals surface area contributed by atoms with Crippen LogP contribution >= 0.6 is 0 Å². The number of anilines is 1. The molecule has 0 saturated carbocycles. The molecule has 0 aromatic heterocycles. The Hall–Kier alpha value is -2.95. The zero-order chi connectivity index (χ0) is 18.5. The number of fused-ring (bicyclic) bond motifs is 1. The van der Waals surface area contributed by atoms with Gasteiger partial charge in [0.15, 0.2) is 0 Å². The highest BCUT2D eigenvalue weighted by Gasteiger charge is 2.36. The van der Waals surface area contributed by atoms with E-state index in [1.54, 1.807) is 48.5 Å². The van der Waals surface area contributed by atoms with Crippen LogP contribution in [-0.4, -0.2) is 17.8 Å². The lowest BCUT2D eigenvalue weighted by atomic mass is 10.1. The van der Waals surface area contributed by atoms with E-state index in [2.05, 4.69) is 6.92 Å². The van der Waals surface area contributed by atoms with E-state index in [9.17, 15) is 14.4 Å². The number of benzene rings is 2. The third-order valence-electron chi connectivity index (χ3n) is 4.34. The van der Waals surface area contributed by atoms with Gasteiger partial charge >= 0.3 is 5.97 Å². The van der Waals surface area contributed by atoms with Gasteiger partial charge in [0.1, 0.15) is 5.75 Å². The molecule has 0 unspecified atom stereocenters. The first-order valence-electron chi connectivity index (χ1n) is 8.90. The van der Waals surface area contributed by atoms with Gasteiger partial charge in [-0.05, 0) is 30.7 Å². The summed E-state index contributed by atoms with van der Waals surface area (Å²) in [7, 11) is 0. The highest BCUT2D eigenvalue weighted by atomic mass is 16.5. The Morgan fingerprint density at radius 3 is 2.27 bits per heavy atom. The first kappa shape index (κ1) is 17.9. The van der Waals surface area contributed by atoms with Crippen molar-refractivity contribution >= 4 is 23.5 Å². The first-order valence-corrected chi connectivity index (χ1v) is 8.90. The molecule has 5 heteroatoms. The molecule has 0 fully saturated rings. The van der Waals surface area contributed by atoms with Crippen molar-refractivity contribution in [2.75, 3.05) is 4.90 Å². The van der Waals surface area contributed by atoms with Crippen LogP contribution in [0.25, 0.3) is 0 Å². The second kappa shape index (κ2) is 7.95. The molecular formula is C21H21NO4. The fraction of sp³-hybridized carbons (Fsp3) is 0.286. The van der Waals surface area contributed by atoms with Crippen LogP contribution in [0.3, 0.4) is 0 Å². The van der Waals surface area contributed by atoms with Crippen LogP contribution < -0.4 is 9.64 Å². The van der Waals surface area contributed by atoms with Gasteiger partial charge in [-0.3, -0.25) is 14.4 Å². The largest absolute Gasteiger partial charge is 0.426 e. The topological polar surface area (TPSA) is 63.7 Å². The van der Waals surface area contributed by atoms with Crippen molar-refractivity contribution < 1.29 is 19.1 Å². The van der Waals surface area contributed by atoms with Crippen LogP contribution in [0, 0.1) is 0 Å². The molecule has 0 N–H and O–H groups in total. The summed E-state index contributed by atoms with van der Waals surface area (Å²) in [6.07, 6.45) is 4.36. The zero-order valence-corrected chi connectivity index (χ0v) is 14.7. The fourth-order valence-corrected chi connectivity index (χ4v) is 2.99. The number of nitrogens with zero attached hydrogens (tertiary/aromatic N) is 1.